The van der Waals surface area contributed by atoms with Crippen molar-refractivity contribution in [2.45, 2.75) is 32.7 Å². The van der Waals surface area contributed by atoms with E-state index in [-0.39, 0.29) is 18.3 Å². The van der Waals surface area contributed by atoms with Gasteiger partial charge in [-0.15, -0.1) is 0 Å². The number of rotatable bonds is 11. The number of hydrogen-bond acceptors (Lipinski definition) is 5. The van der Waals surface area contributed by atoms with Crippen molar-refractivity contribution >= 4 is 11.9 Å². The molecule has 0 N–H and O–H groups in total. The van der Waals surface area contributed by atoms with Crippen LogP contribution in [-0.4, -0.2) is 41.5 Å². The normalized spacial score (nSPS) is 10.3. The topological polar surface area (TPSA) is 68.7 Å². The highest BCUT2D eigenvalue weighted by Gasteiger charge is 2.16. The van der Waals surface area contributed by atoms with Gasteiger partial charge in [0.15, 0.2) is 0 Å². The lowest BCUT2D eigenvalue weighted by atomic mass is 10.2. The molecule has 0 aliphatic rings. The second-order valence-corrected chi connectivity index (χ2v) is 6.00. The zero-order valence-electron chi connectivity index (χ0n) is 15.7. The van der Waals surface area contributed by atoms with Crippen molar-refractivity contribution in [3.8, 4) is 5.75 Å². The summed E-state index contributed by atoms with van der Waals surface area (Å²) in [4.78, 5) is 30.0. The number of benzene rings is 1. The molecule has 0 aliphatic carbocycles. The monoisotopic (exact) mass is 370 g/mol. The fourth-order valence-electron chi connectivity index (χ4n) is 2.55. The van der Waals surface area contributed by atoms with E-state index in [0.717, 1.165) is 11.3 Å². The van der Waals surface area contributed by atoms with Crippen LogP contribution in [0.5, 0.6) is 5.75 Å². The Hall–Kier alpha value is -2.89. The van der Waals surface area contributed by atoms with Gasteiger partial charge in [0.1, 0.15) is 5.75 Å². The van der Waals surface area contributed by atoms with Crippen molar-refractivity contribution in [3.63, 3.8) is 0 Å². The molecule has 0 unspecified atom stereocenters. The molecule has 1 aromatic carbocycles. The highest BCUT2D eigenvalue weighted by molar-refractivity contribution is 5.77. The van der Waals surface area contributed by atoms with Crippen LogP contribution in [0.2, 0.25) is 0 Å². The van der Waals surface area contributed by atoms with Crippen molar-refractivity contribution in [1.82, 2.24) is 9.88 Å². The number of carbonyl (C=O) groups is 2. The molecule has 0 saturated carbocycles. The number of carbonyl (C=O) groups excluding carboxylic acids is 2. The zero-order valence-corrected chi connectivity index (χ0v) is 15.7. The summed E-state index contributed by atoms with van der Waals surface area (Å²) >= 11 is 0. The number of nitrogens with zero attached hydrogens (tertiary/aromatic N) is 2. The Morgan fingerprint density at radius 2 is 1.89 bits per heavy atom. The fourth-order valence-corrected chi connectivity index (χ4v) is 2.55. The minimum absolute atomic E-state index is 0.0141. The van der Waals surface area contributed by atoms with Gasteiger partial charge in [-0.05, 0) is 37.1 Å². The molecule has 27 heavy (non-hydrogen) atoms. The van der Waals surface area contributed by atoms with Crippen LogP contribution in [-0.2, 0) is 20.9 Å². The molecule has 0 radical (unpaired) electrons. The number of ether oxygens (including phenoxy) is 2. The molecule has 0 spiro atoms. The van der Waals surface area contributed by atoms with Crippen LogP contribution >= 0.6 is 0 Å². The van der Waals surface area contributed by atoms with Crippen LogP contribution in [0.3, 0.4) is 0 Å². The van der Waals surface area contributed by atoms with E-state index in [1.165, 1.54) is 0 Å². The molecule has 0 aliphatic heterocycles. The van der Waals surface area contributed by atoms with Gasteiger partial charge < -0.3 is 14.4 Å². The quantitative estimate of drug-likeness (QED) is 0.449. The molecule has 6 nitrogen and oxygen atoms in total. The molecule has 0 saturated heterocycles. The van der Waals surface area contributed by atoms with E-state index in [1.54, 1.807) is 24.2 Å². The molecule has 0 atom stereocenters. The lowest BCUT2D eigenvalue weighted by molar-refractivity contribution is -0.144. The van der Waals surface area contributed by atoms with Crippen molar-refractivity contribution in [2.75, 3.05) is 19.8 Å². The molecule has 0 fully saturated rings. The first kappa shape index (κ1) is 20.4. The maximum absolute atomic E-state index is 12.6. The number of hydrogen-bond donors (Lipinski definition) is 0. The Morgan fingerprint density at radius 3 is 2.59 bits per heavy atom. The molecule has 6 heteroatoms. The molecular weight excluding hydrogens is 344 g/mol. The zero-order chi connectivity index (χ0) is 19.3. The van der Waals surface area contributed by atoms with Crippen LogP contribution in [0.4, 0.5) is 0 Å². The van der Waals surface area contributed by atoms with Gasteiger partial charge in [0.25, 0.3) is 0 Å². The van der Waals surface area contributed by atoms with Gasteiger partial charge in [0.2, 0.25) is 5.91 Å². The summed E-state index contributed by atoms with van der Waals surface area (Å²) in [7, 11) is 0. The first-order chi connectivity index (χ1) is 13.2. The van der Waals surface area contributed by atoms with E-state index in [0.29, 0.717) is 39.1 Å². The molecule has 0 bridgehead atoms. The predicted octanol–water partition coefficient (Wildman–Crippen LogP) is 3.22. The fraction of sp³-hybridized carbons (Fsp3) is 0.381. The molecule has 2 rings (SSSR count). The molecule has 2 aromatic rings. The Bertz CT molecular complexity index is 692. The lowest BCUT2D eigenvalue weighted by Gasteiger charge is -2.22. The molecule has 1 heterocycles. The van der Waals surface area contributed by atoms with Gasteiger partial charge in [0, 0.05) is 31.9 Å². The third-order valence-electron chi connectivity index (χ3n) is 3.89. The van der Waals surface area contributed by atoms with Crippen LogP contribution in [0.1, 0.15) is 31.7 Å². The Balaban J connectivity index is 1.84. The van der Waals surface area contributed by atoms with Crippen LogP contribution in [0.25, 0.3) is 0 Å². The van der Waals surface area contributed by atoms with Crippen molar-refractivity contribution in [2.24, 2.45) is 0 Å². The maximum Gasteiger partial charge on any atom is 0.307 e. The van der Waals surface area contributed by atoms with Crippen molar-refractivity contribution in [1.29, 1.82) is 0 Å². The maximum atomic E-state index is 12.6. The van der Waals surface area contributed by atoms with E-state index < -0.39 is 0 Å². The summed E-state index contributed by atoms with van der Waals surface area (Å²) in [5.41, 5.74) is 0.926. The van der Waals surface area contributed by atoms with Crippen LogP contribution in [0, 0.1) is 0 Å². The molecular formula is C21H26N2O4. The van der Waals surface area contributed by atoms with Gasteiger partial charge in [0.05, 0.1) is 19.6 Å². The first-order valence-corrected chi connectivity index (χ1v) is 9.19. The highest BCUT2D eigenvalue weighted by atomic mass is 16.5. The largest absolute Gasteiger partial charge is 0.494 e. The van der Waals surface area contributed by atoms with Gasteiger partial charge in [-0.2, -0.15) is 0 Å². The average Bonchev–Trinajstić information content (AvgIpc) is 2.70. The van der Waals surface area contributed by atoms with Crippen molar-refractivity contribution < 1.29 is 19.1 Å². The average molecular weight is 370 g/mol. The summed E-state index contributed by atoms with van der Waals surface area (Å²) in [5, 5.41) is 0. The minimum Gasteiger partial charge on any atom is -0.494 e. The van der Waals surface area contributed by atoms with E-state index in [2.05, 4.69) is 4.98 Å². The first-order valence-electron chi connectivity index (χ1n) is 9.19. The van der Waals surface area contributed by atoms with Gasteiger partial charge in [-0.3, -0.25) is 14.6 Å². The SMILES string of the molecule is CCOC(=O)CCN(Cc1cccnc1)C(=O)CCCOc1ccccc1. The second kappa shape index (κ2) is 11.7. The minimum atomic E-state index is -0.297. The Kier molecular flexibility index (Phi) is 8.83. The smallest absolute Gasteiger partial charge is 0.307 e. The van der Waals surface area contributed by atoms with E-state index >= 15 is 0 Å². The van der Waals surface area contributed by atoms with E-state index in [4.69, 9.17) is 9.47 Å². The van der Waals surface area contributed by atoms with Gasteiger partial charge >= 0.3 is 5.97 Å². The molecule has 1 amide bonds. The summed E-state index contributed by atoms with van der Waals surface area (Å²) in [6.45, 7) is 3.32. The third-order valence-corrected chi connectivity index (χ3v) is 3.89. The third kappa shape index (κ3) is 7.90. The number of pyridine rings is 1. The standard InChI is InChI=1S/C21H26N2O4/c1-2-26-21(25)12-14-23(17-18-8-6-13-22-16-18)20(24)11-7-15-27-19-9-4-3-5-10-19/h3-6,8-10,13,16H,2,7,11-12,14-15,17H2,1H3. The summed E-state index contributed by atoms with van der Waals surface area (Å²) in [6, 6.07) is 13.3. The summed E-state index contributed by atoms with van der Waals surface area (Å²) < 4.78 is 10.6. The van der Waals surface area contributed by atoms with E-state index in [9.17, 15) is 9.59 Å². The predicted molar refractivity (Wildman–Crippen MR) is 102 cm³/mol. The van der Waals surface area contributed by atoms with Crippen LogP contribution in [0.15, 0.2) is 54.9 Å². The van der Waals surface area contributed by atoms with Gasteiger partial charge in [-0.1, -0.05) is 24.3 Å². The number of para-hydroxylation sites is 1. The molecule has 1 aromatic heterocycles. The Labute approximate surface area is 160 Å². The second-order valence-electron chi connectivity index (χ2n) is 6.00. The van der Waals surface area contributed by atoms with Gasteiger partial charge in [-0.25, -0.2) is 0 Å². The summed E-state index contributed by atoms with van der Waals surface area (Å²) in [6.07, 6.45) is 4.56. The Morgan fingerprint density at radius 1 is 1.07 bits per heavy atom. The van der Waals surface area contributed by atoms with Crippen molar-refractivity contribution in [3.05, 3.63) is 60.4 Å². The summed E-state index contributed by atoms with van der Waals surface area (Å²) in [5.74, 6) is 0.480. The van der Waals surface area contributed by atoms with E-state index in [1.807, 2.05) is 42.5 Å². The highest BCUT2D eigenvalue weighted by Crippen LogP contribution is 2.11. The molecule has 144 valence electrons. The van der Waals surface area contributed by atoms with Crippen LogP contribution < -0.4 is 4.74 Å². The lowest BCUT2D eigenvalue weighted by Crippen LogP contribution is -2.33. The number of esters is 1. The number of amides is 1. The number of aromatic nitrogens is 1.